The topological polar surface area (TPSA) is 43.0 Å². The van der Waals surface area contributed by atoms with Crippen molar-refractivity contribution < 1.29 is 4.42 Å². The van der Waals surface area contributed by atoms with E-state index >= 15 is 0 Å². The number of aryl methyl sites for hydroxylation is 1. The van der Waals surface area contributed by atoms with Gasteiger partial charge < -0.3 is 9.73 Å². The Morgan fingerprint density at radius 1 is 1.50 bits per heavy atom. The number of hydrogen-bond acceptors (Lipinski definition) is 3. The van der Waals surface area contributed by atoms with Crippen molar-refractivity contribution in [2.24, 2.45) is 13.0 Å². The SMILES string of the molecule is Cc1c(C(C)NCc2ccc(C3CC3C)o2)cnn1C. The van der Waals surface area contributed by atoms with Crippen molar-refractivity contribution in [3.05, 3.63) is 41.1 Å². The molecule has 108 valence electrons. The second kappa shape index (κ2) is 5.09. The van der Waals surface area contributed by atoms with E-state index in [0.717, 1.165) is 24.0 Å². The van der Waals surface area contributed by atoms with E-state index in [9.17, 15) is 0 Å². The van der Waals surface area contributed by atoms with Gasteiger partial charge in [0, 0.05) is 30.3 Å². The number of rotatable bonds is 5. The van der Waals surface area contributed by atoms with Crippen LogP contribution in [0.5, 0.6) is 0 Å². The van der Waals surface area contributed by atoms with Gasteiger partial charge in [0.15, 0.2) is 0 Å². The maximum Gasteiger partial charge on any atom is 0.117 e. The first kappa shape index (κ1) is 13.4. The highest BCUT2D eigenvalue weighted by Crippen LogP contribution is 2.47. The fraction of sp³-hybridized carbons (Fsp3) is 0.562. The number of hydrogen-bond donors (Lipinski definition) is 1. The van der Waals surface area contributed by atoms with Crippen molar-refractivity contribution in [3.63, 3.8) is 0 Å². The lowest BCUT2D eigenvalue weighted by molar-refractivity contribution is 0.430. The van der Waals surface area contributed by atoms with Crippen LogP contribution in [-0.2, 0) is 13.6 Å². The largest absolute Gasteiger partial charge is 0.464 e. The van der Waals surface area contributed by atoms with Gasteiger partial charge in [-0.25, -0.2) is 0 Å². The van der Waals surface area contributed by atoms with Crippen LogP contribution >= 0.6 is 0 Å². The Morgan fingerprint density at radius 2 is 2.25 bits per heavy atom. The van der Waals surface area contributed by atoms with Crippen molar-refractivity contribution in [1.29, 1.82) is 0 Å². The number of nitrogens with one attached hydrogen (secondary N) is 1. The molecule has 0 bridgehead atoms. The number of furan rings is 1. The van der Waals surface area contributed by atoms with E-state index in [1.54, 1.807) is 0 Å². The van der Waals surface area contributed by atoms with Gasteiger partial charge in [-0.1, -0.05) is 6.92 Å². The average Bonchev–Trinajstić information content (AvgIpc) is 2.85. The van der Waals surface area contributed by atoms with E-state index in [0.29, 0.717) is 5.92 Å². The molecule has 2 aromatic heterocycles. The quantitative estimate of drug-likeness (QED) is 0.909. The Bertz CT molecular complexity index is 599. The van der Waals surface area contributed by atoms with Gasteiger partial charge in [0.1, 0.15) is 11.5 Å². The standard InChI is InChI=1S/C16H23N3O/c1-10-7-14(10)16-6-5-13(20-16)8-17-11(2)15-9-18-19(4)12(15)3/h5-6,9-11,14,17H,7-8H2,1-4H3. The third-order valence-corrected chi connectivity index (χ3v) is 4.48. The van der Waals surface area contributed by atoms with Crippen LogP contribution in [0.3, 0.4) is 0 Å². The lowest BCUT2D eigenvalue weighted by Crippen LogP contribution is -2.18. The molecule has 3 rings (SSSR count). The van der Waals surface area contributed by atoms with Gasteiger partial charge in [-0.05, 0) is 38.3 Å². The van der Waals surface area contributed by atoms with Crippen LogP contribution < -0.4 is 5.32 Å². The van der Waals surface area contributed by atoms with Crippen LogP contribution in [0.2, 0.25) is 0 Å². The Morgan fingerprint density at radius 3 is 2.85 bits per heavy atom. The monoisotopic (exact) mass is 273 g/mol. The molecule has 0 aromatic carbocycles. The molecule has 2 heterocycles. The first-order chi connectivity index (χ1) is 9.56. The van der Waals surface area contributed by atoms with Gasteiger partial charge in [0.05, 0.1) is 12.7 Å². The van der Waals surface area contributed by atoms with E-state index in [1.807, 2.05) is 17.9 Å². The van der Waals surface area contributed by atoms with Crippen LogP contribution in [0.1, 0.15) is 55.0 Å². The smallest absolute Gasteiger partial charge is 0.117 e. The molecule has 1 N–H and O–H groups in total. The summed E-state index contributed by atoms with van der Waals surface area (Å²) in [6.07, 6.45) is 3.21. The lowest BCUT2D eigenvalue weighted by atomic mass is 10.1. The van der Waals surface area contributed by atoms with E-state index < -0.39 is 0 Å². The molecular weight excluding hydrogens is 250 g/mol. The fourth-order valence-corrected chi connectivity index (χ4v) is 2.71. The summed E-state index contributed by atoms with van der Waals surface area (Å²) in [7, 11) is 1.97. The van der Waals surface area contributed by atoms with Crippen molar-refractivity contribution in [2.75, 3.05) is 0 Å². The lowest BCUT2D eigenvalue weighted by Gasteiger charge is -2.12. The predicted molar refractivity (Wildman–Crippen MR) is 78.4 cm³/mol. The molecule has 4 heteroatoms. The van der Waals surface area contributed by atoms with Gasteiger partial charge in [-0.2, -0.15) is 5.10 Å². The minimum Gasteiger partial charge on any atom is -0.464 e. The maximum absolute atomic E-state index is 5.92. The van der Waals surface area contributed by atoms with Gasteiger partial charge in [0.2, 0.25) is 0 Å². The molecule has 0 saturated heterocycles. The first-order valence-electron chi connectivity index (χ1n) is 7.36. The molecular formula is C16H23N3O. The zero-order valence-electron chi connectivity index (χ0n) is 12.7. The average molecular weight is 273 g/mol. The molecule has 0 amide bonds. The van der Waals surface area contributed by atoms with E-state index in [1.165, 1.54) is 17.7 Å². The zero-order valence-corrected chi connectivity index (χ0v) is 12.7. The van der Waals surface area contributed by atoms with Crippen LogP contribution in [0.15, 0.2) is 22.7 Å². The van der Waals surface area contributed by atoms with Crippen LogP contribution in [0.4, 0.5) is 0 Å². The summed E-state index contributed by atoms with van der Waals surface area (Å²) in [6.45, 7) is 7.30. The Balaban J connectivity index is 1.59. The van der Waals surface area contributed by atoms with Gasteiger partial charge in [0.25, 0.3) is 0 Å². The summed E-state index contributed by atoms with van der Waals surface area (Å²) < 4.78 is 7.83. The van der Waals surface area contributed by atoms with Crippen LogP contribution in [0, 0.1) is 12.8 Å². The summed E-state index contributed by atoms with van der Waals surface area (Å²) in [6, 6.07) is 4.50. The molecule has 3 atom stereocenters. The van der Waals surface area contributed by atoms with Gasteiger partial charge >= 0.3 is 0 Å². The molecule has 0 aliphatic heterocycles. The first-order valence-corrected chi connectivity index (χ1v) is 7.36. The summed E-state index contributed by atoms with van der Waals surface area (Å²) >= 11 is 0. The van der Waals surface area contributed by atoms with Crippen LogP contribution in [0.25, 0.3) is 0 Å². The van der Waals surface area contributed by atoms with Crippen molar-refractivity contribution in [3.8, 4) is 0 Å². The number of nitrogens with zero attached hydrogens (tertiary/aromatic N) is 2. The molecule has 1 fully saturated rings. The van der Waals surface area contributed by atoms with Gasteiger partial charge in [-0.3, -0.25) is 4.68 Å². The van der Waals surface area contributed by atoms with E-state index in [4.69, 9.17) is 4.42 Å². The third-order valence-electron chi connectivity index (χ3n) is 4.48. The molecule has 1 aliphatic rings. The van der Waals surface area contributed by atoms with Crippen molar-refractivity contribution in [1.82, 2.24) is 15.1 Å². The Hall–Kier alpha value is -1.55. The molecule has 0 radical (unpaired) electrons. The highest BCUT2D eigenvalue weighted by atomic mass is 16.3. The maximum atomic E-state index is 5.92. The second-order valence-electron chi connectivity index (χ2n) is 6.04. The molecule has 4 nitrogen and oxygen atoms in total. The highest BCUT2D eigenvalue weighted by molar-refractivity contribution is 5.20. The molecule has 2 aromatic rings. The Labute approximate surface area is 120 Å². The molecule has 0 spiro atoms. The van der Waals surface area contributed by atoms with Crippen molar-refractivity contribution in [2.45, 2.75) is 45.7 Å². The van der Waals surface area contributed by atoms with Crippen LogP contribution in [-0.4, -0.2) is 9.78 Å². The summed E-state index contributed by atoms with van der Waals surface area (Å²) in [5.41, 5.74) is 2.45. The summed E-state index contributed by atoms with van der Waals surface area (Å²) in [4.78, 5) is 0. The number of aromatic nitrogens is 2. The van der Waals surface area contributed by atoms with Crippen molar-refractivity contribution >= 4 is 0 Å². The minimum absolute atomic E-state index is 0.275. The summed E-state index contributed by atoms with van der Waals surface area (Å²) in [5, 5.41) is 7.80. The molecule has 1 aliphatic carbocycles. The zero-order chi connectivity index (χ0) is 14.3. The summed E-state index contributed by atoms with van der Waals surface area (Å²) in [5.74, 6) is 3.62. The minimum atomic E-state index is 0.275. The van der Waals surface area contributed by atoms with Gasteiger partial charge in [-0.15, -0.1) is 0 Å². The predicted octanol–water partition coefficient (Wildman–Crippen LogP) is 3.30. The second-order valence-corrected chi connectivity index (χ2v) is 6.04. The van der Waals surface area contributed by atoms with E-state index in [-0.39, 0.29) is 6.04 Å². The normalized spacial score (nSPS) is 23.0. The molecule has 20 heavy (non-hydrogen) atoms. The third kappa shape index (κ3) is 2.52. The molecule has 3 unspecified atom stereocenters. The Kier molecular flexibility index (Phi) is 3.42. The molecule has 1 saturated carbocycles. The fourth-order valence-electron chi connectivity index (χ4n) is 2.71. The highest BCUT2D eigenvalue weighted by Gasteiger charge is 2.36. The van der Waals surface area contributed by atoms with E-state index in [2.05, 4.69) is 43.3 Å².